The molecule has 0 bridgehead atoms. The standard InChI is InChI=1S/C10H9FO3/c1-10(11,9(13)14)8(12)7-5-3-2-4-6-7/h2-6H,1H3,(H,13,14). The van der Waals surface area contributed by atoms with E-state index in [-0.39, 0.29) is 5.56 Å². The molecule has 74 valence electrons. The number of rotatable bonds is 3. The van der Waals surface area contributed by atoms with Crippen molar-refractivity contribution in [2.24, 2.45) is 0 Å². The number of halogens is 1. The van der Waals surface area contributed by atoms with Gasteiger partial charge >= 0.3 is 5.97 Å². The van der Waals surface area contributed by atoms with Gasteiger partial charge in [-0.3, -0.25) is 4.79 Å². The summed E-state index contributed by atoms with van der Waals surface area (Å²) in [5, 5.41) is 8.48. The summed E-state index contributed by atoms with van der Waals surface area (Å²) >= 11 is 0. The number of Topliss-reactive ketones (excluding diaryl/α,β-unsaturated/α-hetero) is 1. The molecular formula is C10H9FO3. The van der Waals surface area contributed by atoms with Crippen molar-refractivity contribution in [1.82, 2.24) is 0 Å². The summed E-state index contributed by atoms with van der Waals surface area (Å²) in [6.07, 6.45) is 0. The zero-order chi connectivity index (χ0) is 10.8. The first-order valence-electron chi connectivity index (χ1n) is 3.98. The maximum atomic E-state index is 13.3. The van der Waals surface area contributed by atoms with Gasteiger partial charge in [-0.2, -0.15) is 0 Å². The van der Waals surface area contributed by atoms with Gasteiger partial charge in [0.1, 0.15) is 0 Å². The van der Waals surface area contributed by atoms with E-state index in [9.17, 15) is 14.0 Å². The van der Waals surface area contributed by atoms with Gasteiger partial charge in [-0.15, -0.1) is 0 Å². The van der Waals surface area contributed by atoms with E-state index >= 15 is 0 Å². The van der Waals surface area contributed by atoms with Crippen LogP contribution in [-0.2, 0) is 4.79 Å². The Labute approximate surface area is 80.2 Å². The van der Waals surface area contributed by atoms with E-state index in [1.807, 2.05) is 0 Å². The van der Waals surface area contributed by atoms with E-state index in [0.717, 1.165) is 6.92 Å². The molecule has 14 heavy (non-hydrogen) atoms. The minimum absolute atomic E-state index is 0.0555. The van der Waals surface area contributed by atoms with Crippen LogP contribution in [0.25, 0.3) is 0 Å². The number of hydrogen-bond acceptors (Lipinski definition) is 2. The van der Waals surface area contributed by atoms with Crippen molar-refractivity contribution in [3.05, 3.63) is 35.9 Å². The molecule has 1 unspecified atom stereocenters. The second-order valence-electron chi connectivity index (χ2n) is 3.00. The largest absolute Gasteiger partial charge is 0.479 e. The molecule has 0 radical (unpaired) electrons. The second-order valence-corrected chi connectivity index (χ2v) is 3.00. The van der Waals surface area contributed by atoms with Crippen LogP contribution in [0.2, 0.25) is 0 Å². The van der Waals surface area contributed by atoms with Crippen LogP contribution in [0.1, 0.15) is 17.3 Å². The summed E-state index contributed by atoms with van der Waals surface area (Å²) in [6.45, 7) is 0.741. The Morgan fingerprint density at radius 2 is 1.79 bits per heavy atom. The third-order valence-corrected chi connectivity index (χ3v) is 1.86. The van der Waals surface area contributed by atoms with Crippen LogP contribution in [0.15, 0.2) is 30.3 Å². The Hall–Kier alpha value is -1.71. The van der Waals surface area contributed by atoms with Crippen LogP contribution in [0.5, 0.6) is 0 Å². The van der Waals surface area contributed by atoms with E-state index < -0.39 is 17.4 Å². The number of carboxylic acids is 1. The third kappa shape index (κ3) is 1.79. The lowest BCUT2D eigenvalue weighted by molar-refractivity contribution is -0.146. The number of ketones is 1. The highest BCUT2D eigenvalue weighted by molar-refractivity contribution is 6.14. The van der Waals surface area contributed by atoms with Gasteiger partial charge in [0, 0.05) is 5.56 Å². The molecule has 1 atom stereocenters. The molecule has 0 saturated carbocycles. The molecule has 0 aromatic heterocycles. The van der Waals surface area contributed by atoms with Crippen LogP contribution in [0, 0.1) is 0 Å². The first-order chi connectivity index (χ1) is 6.46. The van der Waals surface area contributed by atoms with Gasteiger partial charge in [0.25, 0.3) is 5.67 Å². The fourth-order valence-corrected chi connectivity index (χ4v) is 0.958. The monoisotopic (exact) mass is 196 g/mol. The van der Waals surface area contributed by atoms with Crippen molar-refractivity contribution < 1.29 is 19.1 Å². The molecule has 0 heterocycles. The highest BCUT2D eigenvalue weighted by Crippen LogP contribution is 2.17. The number of carbonyl (C=O) groups excluding carboxylic acids is 1. The molecule has 0 spiro atoms. The van der Waals surface area contributed by atoms with Gasteiger partial charge in [0.2, 0.25) is 5.78 Å². The summed E-state index contributed by atoms with van der Waals surface area (Å²) in [6, 6.07) is 7.51. The average Bonchev–Trinajstić information content (AvgIpc) is 2.17. The summed E-state index contributed by atoms with van der Waals surface area (Å²) in [5.41, 5.74) is -2.80. The molecule has 1 aromatic rings. The molecular weight excluding hydrogens is 187 g/mol. The van der Waals surface area contributed by atoms with Crippen molar-refractivity contribution in [3.63, 3.8) is 0 Å². The topological polar surface area (TPSA) is 54.4 Å². The lowest BCUT2D eigenvalue weighted by Gasteiger charge is -2.12. The quantitative estimate of drug-likeness (QED) is 0.591. The molecule has 3 nitrogen and oxygen atoms in total. The van der Waals surface area contributed by atoms with Gasteiger partial charge in [-0.25, -0.2) is 9.18 Å². The lowest BCUT2D eigenvalue weighted by Crippen LogP contribution is -2.39. The summed E-state index contributed by atoms with van der Waals surface area (Å²) < 4.78 is 13.3. The van der Waals surface area contributed by atoms with Crippen molar-refractivity contribution >= 4 is 11.8 Å². The fourth-order valence-electron chi connectivity index (χ4n) is 0.958. The predicted molar refractivity (Wildman–Crippen MR) is 47.9 cm³/mol. The highest BCUT2D eigenvalue weighted by atomic mass is 19.1. The minimum atomic E-state index is -2.86. The minimum Gasteiger partial charge on any atom is -0.479 e. The Balaban J connectivity index is 3.03. The normalized spacial score (nSPS) is 14.4. The molecule has 1 aromatic carbocycles. The Morgan fingerprint density at radius 1 is 1.29 bits per heavy atom. The SMILES string of the molecule is CC(F)(C(=O)O)C(=O)c1ccccc1. The van der Waals surface area contributed by atoms with Crippen LogP contribution in [0.3, 0.4) is 0 Å². The number of alkyl halides is 1. The van der Waals surface area contributed by atoms with Crippen LogP contribution < -0.4 is 0 Å². The van der Waals surface area contributed by atoms with Gasteiger partial charge in [-0.1, -0.05) is 30.3 Å². The van der Waals surface area contributed by atoms with Crippen LogP contribution in [-0.4, -0.2) is 22.5 Å². The van der Waals surface area contributed by atoms with Gasteiger partial charge in [0.05, 0.1) is 0 Å². The number of benzene rings is 1. The third-order valence-electron chi connectivity index (χ3n) is 1.86. The zero-order valence-electron chi connectivity index (χ0n) is 7.53. The molecule has 0 saturated heterocycles. The summed E-state index contributed by atoms with van der Waals surface area (Å²) in [4.78, 5) is 21.8. The van der Waals surface area contributed by atoms with Crippen LogP contribution >= 0.6 is 0 Å². The van der Waals surface area contributed by atoms with Crippen molar-refractivity contribution in [3.8, 4) is 0 Å². The lowest BCUT2D eigenvalue weighted by atomic mass is 9.97. The molecule has 4 heteroatoms. The van der Waals surface area contributed by atoms with Crippen LogP contribution in [0.4, 0.5) is 4.39 Å². The predicted octanol–water partition coefficient (Wildman–Crippen LogP) is 1.68. The molecule has 0 aliphatic heterocycles. The number of carbonyl (C=O) groups is 2. The zero-order valence-corrected chi connectivity index (χ0v) is 7.53. The Kier molecular flexibility index (Phi) is 2.65. The Morgan fingerprint density at radius 3 is 2.21 bits per heavy atom. The van der Waals surface area contributed by atoms with Crippen molar-refractivity contribution in [1.29, 1.82) is 0 Å². The van der Waals surface area contributed by atoms with Gasteiger partial charge < -0.3 is 5.11 Å². The summed E-state index contributed by atoms with van der Waals surface area (Å²) in [5.74, 6) is -2.81. The molecule has 1 N–H and O–H groups in total. The molecule has 1 rings (SSSR count). The molecule has 0 aliphatic carbocycles. The maximum absolute atomic E-state index is 13.3. The maximum Gasteiger partial charge on any atom is 0.349 e. The van der Waals surface area contributed by atoms with Gasteiger partial charge in [-0.05, 0) is 6.92 Å². The highest BCUT2D eigenvalue weighted by Gasteiger charge is 2.41. The van der Waals surface area contributed by atoms with Gasteiger partial charge in [0.15, 0.2) is 0 Å². The number of hydrogen-bond donors (Lipinski definition) is 1. The Bertz CT molecular complexity index is 357. The summed E-state index contributed by atoms with van der Waals surface area (Å²) in [7, 11) is 0. The molecule has 0 fully saturated rings. The smallest absolute Gasteiger partial charge is 0.349 e. The molecule has 0 amide bonds. The first-order valence-corrected chi connectivity index (χ1v) is 3.98. The second kappa shape index (κ2) is 3.57. The fraction of sp³-hybridized carbons (Fsp3) is 0.200. The molecule has 0 aliphatic rings. The van der Waals surface area contributed by atoms with E-state index in [2.05, 4.69) is 0 Å². The number of carboxylic acid groups (broad SMARTS) is 1. The van der Waals surface area contributed by atoms with E-state index in [1.54, 1.807) is 18.2 Å². The van der Waals surface area contributed by atoms with Crippen molar-refractivity contribution in [2.45, 2.75) is 12.6 Å². The number of aliphatic carboxylic acids is 1. The van der Waals surface area contributed by atoms with E-state index in [1.165, 1.54) is 12.1 Å². The average molecular weight is 196 g/mol. The van der Waals surface area contributed by atoms with Crippen molar-refractivity contribution in [2.75, 3.05) is 0 Å². The first kappa shape index (κ1) is 10.4. The van der Waals surface area contributed by atoms with E-state index in [0.29, 0.717) is 0 Å². The van der Waals surface area contributed by atoms with E-state index in [4.69, 9.17) is 5.11 Å².